The van der Waals surface area contributed by atoms with Gasteiger partial charge >= 0.3 is 5.97 Å². The third-order valence-electron chi connectivity index (χ3n) is 14.7. The molecule has 3 heterocycles. The van der Waals surface area contributed by atoms with Gasteiger partial charge in [-0.2, -0.15) is 0 Å². The molecule has 5 nitrogen and oxygen atoms in total. The fourth-order valence-electron chi connectivity index (χ4n) is 12.0. The second kappa shape index (κ2) is 12.0. The molecule has 0 aromatic carbocycles. The van der Waals surface area contributed by atoms with E-state index in [0.717, 1.165) is 37.5 Å². The maximum absolute atomic E-state index is 13.9. The summed E-state index contributed by atoms with van der Waals surface area (Å²) in [5, 5.41) is 0. The van der Waals surface area contributed by atoms with Crippen LogP contribution in [0.4, 0.5) is 0 Å². The first-order valence-electron chi connectivity index (χ1n) is 19.0. The van der Waals surface area contributed by atoms with Crippen LogP contribution in [-0.2, 0) is 9.53 Å². The van der Waals surface area contributed by atoms with Gasteiger partial charge in [0.15, 0.2) is 0 Å². The van der Waals surface area contributed by atoms with Crippen molar-refractivity contribution >= 4 is 5.97 Å². The molecule has 0 spiro atoms. The van der Waals surface area contributed by atoms with E-state index in [-0.39, 0.29) is 11.9 Å². The summed E-state index contributed by atoms with van der Waals surface area (Å²) in [5.41, 5.74) is 7.23. The molecule has 5 heteroatoms. The van der Waals surface area contributed by atoms with Crippen LogP contribution in [-0.4, -0.2) is 72.6 Å². The minimum Gasteiger partial charge on any atom is -0.454 e. The number of carbonyl (C=O) groups is 1. The van der Waals surface area contributed by atoms with Gasteiger partial charge in [-0.15, -0.1) is 0 Å². The minimum atomic E-state index is -0.483. The van der Waals surface area contributed by atoms with Gasteiger partial charge in [0.2, 0.25) is 0 Å². The molecule has 5 fully saturated rings. The summed E-state index contributed by atoms with van der Waals surface area (Å²) in [6.45, 7) is 9.79. The monoisotopic (exact) mass is 617 g/mol. The minimum absolute atomic E-state index is 0.0791. The van der Waals surface area contributed by atoms with Crippen LogP contribution in [0.15, 0.2) is 34.2 Å². The number of hydrogen-bond donors (Lipinski definition) is 0. The highest BCUT2D eigenvalue weighted by Gasteiger charge is 2.60. The van der Waals surface area contributed by atoms with E-state index in [1.807, 2.05) is 0 Å². The van der Waals surface area contributed by atoms with E-state index >= 15 is 0 Å². The maximum Gasteiger partial charge on any atom is 0.310 e. The molecule has 45 heavy (non-hydrogen) atoms. The van der Waals surface area contributed by atoms with Crippen molar-refractivity contribution in [2.45, 2.75) is 141 Å². The Morgan fingerprint density at radius 3 is 1.82 bits per heavy atom. The molecule has 0 bridgehead atoms. The Hall–Kier alpha value is -1.75. The average Bonchev–Trinajstić information content (AvgIpc) is 3.55. The summed E-state index contributed by atoms with van der Waals surface area (Å²) in [6.07, 6.45) is 19.8. The molecule has 7 rings (SSSR count). The largest absolute Gasteiger partial charge is 0.454 e. The number of nitrogens with zero attached hydrogens (tertiary/aromatic N) is 3. The summed E-state index contributed by atoms with van der Waals surface area (Å²) < 4.78 is 7.02. The molecule has 0 aromatic heterocycles. The molecule has 1 saturated heterocycles. The normalized spacial score (nSPS) is 43.4. The molecule has 9 unspecified atom stereocenters. The Morgan fingerprint density at radius 2 is 1.29 bits per heavy atom. The zero-order valence-corrected chi connectivity index (χ0v) is 29.9. The molecule has 0 N–H and O–H groups in total. The lowest BCUT2D eigenvalue weighted by molar-refractivity contribution is -0.152. The third kappa shape index (κ3) is 5.15. The highest BCUT2D eigenvalue weighted by Crippen LogP contribution is 2.58. The molecular formula is C40H63N3O2. The highest BCUT2D eigenvalue weighted by atomic mass is 16.6. The molecule has 0 amide bonds. The number of cyclic esters (lactones) is 1. The van der Waals surface area contributed by atoms with Gasteiger partial charge in [-0.1, -0.05) is 26.7 Å². The van der Waals surface area contributed by atoms with Crippen LogP contribution in [0.2, 0.25) is 0 Å². The van der Waals surface area contributed by atoms with Gasteiger partial charge in [0.05, 0.1) is 5.92 Å². The number of rotatable bonds is 5. The number of carbonyl (C=O) groups excluding carboxylic acids is 1. The quantitative estimate of drug-likeness (QED) is 0.291. The van der Waals surface area contributed by atoms with E-state index in [9.17, 15) is 4.79 Å². The molecule has 4 aliphatic carbocycles. The second-order valence-electron chi connectivity index (χ2n) is 17.2. The summed E-state index contributed by atoms with van der Waals surface area (Å²) in [5.74, 6) is 3.56. The van der Waals surface area contributed by atoms with Crippen LogP contribution in [0, 0.1) is 41.4 Å². The van der Waals surface area contributed by atoms with Gasteiger partial charge in [0.25, 0.3) is 0 Å². The average molecular weight is 618 g/mol. The van der Waals surface area contributed by atoms with Crippen molar-refractivity contribution in [1.82, 2.24) is 14.7 Å². The Balaban J connectivity index is 1.42. The SMILES string of the molecule is CC1=C(C(=CC2(C3CCC(N(C)C)CC3)OC(=O)C3CCCCC32)C2=C(C)N(C)C3CCC(C)CC23)C2CC(C)CCC2N1C. The smallest absolute Gasteiger partial charge is 0.310 e. The van der Waals surface area contributed by atoms with Gasteiger partial charge < -0.3 is 19.4 Å². The summed E-state index contributed by atoms with van der Waals surface area (Å²) in [6, 6.07) is 1.83. The molecule has 250 valence electrons. The predicted molar refractivity (Wildman–Crippen MR) is 183 cm³/mol. The van der Waals surface area contributed by atoms with E-state index in [0.29, 0.717) is 41.8 Å². The van der Waals surface area contributed by atoms with Crippen molar-refractivity contribution in [1.29, 1.82) is 0 Å². The number of fused-ring (bicyclic) bond motifs is 3. The standard InChI is InChI=1S/C40H63N3O2/c1-24-13-19-35-31(21-24)37(26(3)42(35)7)33(38-27(4)43(8)36-20-14-25(2)22-32(36)38)23-40(28-15-17-29(18-16-28)41(5)6)34-12-10-9-11-30(34)39(44)45-40/h23-25,28-32,34-36H,9-22H2,1-8H3. The summed E-state index contributed by atoms with van der Waals surface area (Å²) in [4.78, 5) is 21.7. The Bertz CT molecular complexity index is 1200. The van der Waals surface area contributed by atoms with Crippen molar-refractivity contribution in [2.24, 2.45) is 41.4 Å². The van der Waals surface area contributed by atoms with Gasteiger partial charge in [0, 0.05) is 67.3 Å². The maximum atomic E-state index is 13.9. The fourth-order valence-corrected chi connectivity index (χ4v) is 12.0. The van der Waals surface area contributed by atoms with Crippen LogP contribution in [0.5, 0.6) is 0 Å². The molecule has 3 aliphatic heterocycles. The third-order valence-corrected chi connectivity index (χ3v) is 14.7. The predicted octanol–water partition coefficient (Wildman–Crippen LogP) is 8.18. The topological polar surface area (TPSA) is 36.0 Å². The first-order chi connectivity index (χ1) is 21.5. The number of hydrogen-bond acceptors (Lipinski definition) is 5. The van der Waals surface area contributed by atoms with Crippen molar-refractivity contribution in [3.8, 4) is 0 Å². The molecule has 4 saturated carbocycles. The van der Waals surface area contributed by atoms with Gasteiger partial charge in [-0.05, 0) is 140 Å². The van der Waals surface area contributed by atoms with Gasteiger partial charge in [0.1, 0.15) is 5.60 Å². The first-order valence-corrected chi connectivity index (χ1v) is 19.0. The lowest BCUT2D eigenvalue weighted by Gasteiger charge is -2.45. The second-order valence-corrected chi connectivity index (χ2v) is 17.2. The van der Waals surface area contributed by atoms with Crippen LogP contribution in [0.3, 0.4) is 0 Å². The van der Waals surface area contributed by atoms with E-state index in [1.165, 1.54) is 81.2 Å². The van der Waals surface area contributed by atoms with Crippen LogP contribution >= 0.6 is 0 Å². The first kappa shape index (κ1) is 31.8. The van der Waals surface area contributed by atoms with Crippen LogP contribution in [0.1, 0.15) is 118 Å². The zero-order chi connectivity index (χ0) is 31.8. The summed E-state index contributed by atoms with van der Waals surface area (Å²) >= 11 is 0. The summed E-state index contributed by atoms with van der Waals surface area (Å²) in [7, 11) is 9.22. The van der Waals surface area contributed by atoms with E-state index in [2.05, 4.69) is 76.7 Å². The van der Waals surface area contributed by atoms with E-state index < -0.39 is 5.60 Å². The van der Waals surface area contributed by atoms with Crippen LogP contribution in [0.25, 0.3) is 0 Å². The fraction of sp³-hybridized carbons (Fsp3) is 0.825. The lowest BCUT2D eigenvalue weighted by atomic mass is 9.62. The number of allylic oxidation sites excluding steroid dienone is 3. The molecule has 7 aliphatic rings. The van der Waals surface area contributed by atoms with Crippen molar-refractivity contribution in [3.05, 3.63) is 34.2 Å². The number of ether oxygens (including phenoxy) is 1. The molecule has 9 atom stereocenters. The van der Waals surface area contributed by atoms with Crippen molar-refractivity contribution < 1.29 is 9.53 Å². The Labute approximate surface area is 274 Å². The highest BCUT2D eigenvalue weighted by molar-refractivity contribution is 5.77. The van der Waals surface area contributed by atoms with Crippen molar-refractivity contribution in [2.75, 3.05) is 28.2 Å². The van der Waals surface area contributed by atoms with Crippen molar-refractivity contribution in [3.63, 3.8) is 0 Å². The molecule has 0 radical (unpaired) electrons. The lowest BCUT2D eigenvalue weighted by Crippen LogP contribution is -2.47. The number of esters is 1. The zero-order valence-electron chi connectivity index (χ0n) is 29.9. The Morgan fingerprint density at radius 1 is 0.756 bits per heavy atom. The van der Waals surface area contributed by atoms with Gasteiger partial charge in [-0.3, -0.25) is 4.79 Å². The van der Waals surface area contributed by atoms with E-state index in [4.69, 9.17) is 4.74 Å². The van der Waals surface area contributed by atoms with Crippen LogP contribution < -0.4 is 0 Å². The molecular weight excluding hydrogens is 554 g/mol. The van der Waals surface area contributed by atoms with Gasteiger partial charge in [-0.25, -0.2) is 0 Å². The Kier molecular flexibility index (Phi) is 8.52. The van der Waals surface area contributed by atoms with E-state index in [1.54, 1.807) is 11.1 Å². The molecule has 0 aromatic rings.